The number of nitrogens with one attached hydrogen (secondary N) is 3. The maximum atomic E-state index is 12.5. The molecule has 1 saturated carbocycles. The quantitative estimate of drug-likeness (QED) is 0.751. The number of halogens is 1. The van der Waals surface area contributed by atoms with Crippen LogP contribution in [0.2, 0.25) is 0 Å². The van der Waals surface area contributed by atoms with E-state index < -0.39 is 0 Å². The number of hydrogen-bond donors (Lipinski definition) is 3. The molecule has 6 nitrogen and oxygen atoms in total. The second kappa shape index (κ2) is 5.73. The lowest BCUT2D eigenvalue weighted by atomic mass is 10.0. The zero-order valence-corrected chi connectivity index (χ0v) is 14.7. The molecule has 2 heterocycles. The van der Waals surface area contributed by atoms with Crippen LogP contribution in [0.5, 0.6) is 0 Å². The lowest BCUT2D eigenvalue weighted by Crippen LogP contribution is -2.27. The van der Waals surface area contributed by atoms with E-state index in [1.165, 1.54) is 0 Å². The van der Waals surface area contributed by atoms with E-state index in [0.717, 1.165) is 39.8 Å². The van der Waals surface area contributed by atoms with E-state index in [2.05, 4.69) is 36.8 Å². The maximum absolute atomic E-state index is 12.5. The summed E-state index contributed by atoms with van der Waals surface area (Å²) in [4.78, 5) is 23.9. The van der Waals surface area contributed by atoms with Crippen molar-refractivity contribution in [3.63, 3.8) is 0 Å². The Hall–Kier alpha value is -2.15. The molecule has 1 aromatic heterocycles. The number of benzene rings is 1. The zero-order valence-electron chi connectivity index (χ0n) is 13.1. The molecule has 1 unspecified atom stereocenters. The Morgan fingerprint density at radius 2 is 2.21 bits per heavy atom. The Bertz CT molecular complexity index is 841. The molecule has 1 fully saturated rings. The number of amides is 2. The fourth-order valence-corrected chi connectivity index (χ4v) is 3.68. The molecule has 124 valence electrons. The number of aromatic nitrogens is 2. The minimum Gasteiger partial charge on any atom is -0.344 e. The van der Waals surface area contributed by atoms with Gasteiger partial charge < -0.3 is 10.6 Å². The SMILES string of the molecule is CC(NC(=O)c1n[nH]c(C2CC2)c1Br)c1ccc2c(c1)CC(=O)N2. The summed E-state index contributed by atoms with van der Waals surface area (Å²) in [5.41, 5.74) is 4.19. The van der Waals surface area contributed by atoms with Gasteiger partial charge in [0.15, 0.2) is 5.69 Å². The van der Waals surface area contributed by atoms with Crippen LogP contribution in [0.15, 0.2) is 22.7 Å². The Labute approximate surface area is 147 Å². The maximum Gasteiger partial charge on any atom is 0.273 e. The van der Waals surface area contributed by atoms with Gasteiger partial charge in [0, 0.05) is 11.6 Å². The van der Waals surface area contributed by atoms with Crippen molar-refractivity contribution < 1.29 is 9.59 Å². The fraction of sp³-hybridized carbons (Fsp3) is 0.353. The molecule has 0 bridgehead atoms. The molecular weight excluding hydrogens is 372 g/mol. The third-order valence-electron chi connectivity index (χ3n) is 4.54. The van der Waals surface area contributed by atoms with Crippen LogP contribution in [0, 0.1) is 0 Å². The third-order valence-corrected chi connectivity index (χ3v) is 5.34. The molecule has 1 atom stereocenters. The first-order chi connectivity index (χ1) is 11.5. The summed E-state index contributed by atoms with van der Waals surface area (Å²) in [6, 6.07) is 5.60. The number of carbonyl (C=O) groups excluding carboxylic acids is 2. The molecule has 7 heteroatoms. The van der Waals surface area contributed by atoms with Gasteiger partial charge in [-0.1, -0.05) is 12.1 Å². The van der Waals surface area contributed by atoms with Crippen molar-refractivity contribution in [3.05, 3.63) is 45.2 Å². The van der Waals surface area contributed by atoms with Crippen LogP contribution >= 0.6 is 15.9 Å². The number of fused-ring (bicyclic) bond motifs is 1. The normalized spacial score (nSPS) is 17.3. The molecule has 4 rings (SSSR count). The highest BCUT2D eigenvalue weighted by Crippen LogP contribution is 2.42. The van der Waals surface area contributed by atoms with E-state index in [1.54, 1.807) is 0 Å². The number of aromatic amines is 1. The van der Waals surface area contributed by atoms with Gasteiger partial charge in [0.05, 0.1) is 22.6 Å². The standard InChI is InChI=1S/C17H17BrN4O2/c1-8(10-4-5-12-11(6-10)7-13(23)20-12)19-17(24)16-14(18)15(21-22-16)9-2-3-9/h4-6,8-9H,2-3,7H2,1H3,(H,19,24)(H,20,23)(H,21,22). The van der Waals surface area contributed by atoms with Crippen LogP contribution in [0.3, 0.4) is 0 Å². The summed E-state index contributed by atoms with van der Waals surface area (Å²) >= 11 is 3.49. The molecule has 0 spiro atoms. The summed E-state index contributed by atoms with van der Waals surface area (Å²) in [6.07, 6.45) is 2.67. The zero-order chi connectivity index (χ0) is 16.8. The molecule has 0 saturated heterocycles. The van der Waals surface area contributed by atoms with Gasteiger partial charge in [0.1, 0.15) is 0 Å². The lowest BCUT2D eigenvalue weighted by molar-refractivity contribution is -0.115. The highest BCUT2D eigenvalue weighted by Gasteiger charge is 2.30. The van der Waals surface area contributed by atoms with Gasteiger partial charge in [-0.25, -0.2) is 0 Å². The second-order valence-corrected chi connectivity index (χ2v) is 7.20. The molecule has 24 heavy (non-hydrogen) atoms. The van der Waals surface area contributed by atoms with Gasteiger partial charge in [0.25, 0.3) is 5.91 Å². The second-order valence-electron chi connectivity index (χ2n) is 6.41. The molecule has 0 radical (unpaired) electrons. The van der Waals surface area contributed by atoms with Gasteiger partial charge in [-0.05, 0) is 52.9 Å². The van der Waals surface area contributed by atoms with Crippen LogP contribution in [-0.4, -0.2) is 22.0 Å². The number of H-pyrrole nitrogens is 1. The summed E-state index contributed by atoms with van der Waals surface area (Å²) in [6.45, 7) is 1.92. The van der Waals surface area contributed by atoms with Gasteiger partial charge in [-0.15, -0.1) is 0 Å². The van der Waals surface area contributed by atoms with E-state index >= 15 is 0 Å². The lowest BCUT2D eigenvalue weighted by Gasteiger charge is -2.14. The topological polar surface area (TPSA) is 86.9 Å². The smallest absolute Gasteiger partial charge is 0.273 e. The highest BCUT2D eigenvalue weighted by atomic mass is 79.9. The van der Waals surface area contributed by atoms with E-state index in [1.807, 2.05) is 25.1 Å². The molecular formula is C17H17BrN4O2. The molecule has 1 aliphatic heterocycles. The van der Waals surface area contributed by atoms with Crippen molar-refractivity contribution >= 4 is 33.4 Å². The fourth-order valence-electron chi connectivity index (χ4n) is 3.00. The number of carbonyl (C=O) groups is 2. The number of hydrogen-bond acceptors (Lipinski definition) is 3. The molecule has 1 aliphatic carbocycles. The van der Waals surface area contributed by atoms with Crippen molar-refractivity contribution in [3.8, 4) is 0 Å². The first-order valence-corrected chi connectivity index (χ1v) is 8.79. The predicted octanol–water partition coefficient (Wildman–Crippen LogP) is 3.04. The number of nitrogens with zero attached hydrogens (tertiary/aromatic N) is 1. The monoisotopic (exact) mass is 388 g/mol. The van der Waals surface area contributed by atoms with Crippen molar-refractivity contribution in [2.45, 2.75) is 38.1 Å². The Balaban J connectivity index is 1.50. The minimum absolute atomic E-state index is 0.00639. The van der Waals surface area contributed by atoms with Crippen molar-refractivity contribution in [1.29, 1.82) is 0 Å². The summed E-state index contributed by atoms with van der Waals surface area (Å²) < 4.78 is 0.762. The third kappa shape index (κ3) is 2.73. The van der Waals surface area contributed by atoms with Crippen LogP contribution < -0.4 is 10.6 Å². The van der Waals surface area contributed by atoms with E-state index in [-0.39, 0.29) is 17.9 Å². The summed E-state index contributed by atoms with van der Waals surface area (Å²) in [5.74, 6) is 0.284. The predicted molar refractivity (Wildman–Crippen MR) is 92.9 cm³/mol. The van der Waals surface area contributed by atoms with Crippen LogP contribution in [0.25, 0.3) is 0 Å². The number of rotatable bonds is 4. The Morgan fingerprint density at radius 3 is 2.96 bits per heavy atom. The van der Waals surface area contributed by atoms with Crippen LogP contribution in [-0.2, 0) is 11.2 Å². The minimum atomic E-state index is -0.216. The van der Waals surface area contributed by atoms with Crippen molar-refractivity contribution in [2.75, 3.05) is 5.32 Å². The molecule has 2 amide bonds. The van der Waals surface area contributed by atoms with Crippen molar-refractivity contribution in [1.82, 2.24) is 15.5 Å². The summed E-state index contributed by atoms with van der Waals surface area (Å²) in [7, 11) is 0. The van der Waals surface area contributed by atoms with Gasteiger partial charge in [-0.3, -0.25) is 14.7 Å². The molecule has 1 aromatic carbocycles. The van der Waals surface area contributed by atoms with Crippen LogP contribution in [0.1, 0.15) is 59.0 Å². The first kappa shape index (κ1) is 15.4. The first-order valence-electron chi connectivity index (χ1n) is 8.00. The Kier molecular flexibility index (Phi) is 3.68. The van der Waals surface area contributed by atoms with Gasteiger partial charge in [0.2, 0.25) is 5.91 Å². The van der Waals surface area contributed by atoms with Crippen molar-refractivity contribution in [2.24, 2.45) is 0 Å². The molecule has 2 aromatic rings. The molecule has 3 N–H and O–H groups in total. The largest absolute Gasteiger partial charge is 0.344 e. The average molecular weight is 389 g/mol. The van der Waals surface area contributed by atoms with Gasteiger partial charge in [-0.2, -0.15) is 5.10 Å². The highest BCUT2D eigenvalue weighted by molar-refractivity contribution is 9.10. The Morgan fingerprint density at radius 1 is 1.42 bits per heavy atom. The van der Waals surface area contributed by atoms with Gasteiger partial charge >= 0.3 is 0 Å². The summed E-state index contributed by atoms with van der Waals surface area (Å²) in [5, 5.41) is 12.9. The average Bonchev–Trinajstić information content (AvgIpc) is 3.20. The number of anilines is 1. The van der Waals surface area contributed by atoms with E-state index in [4.69, 9.17) is 0 Å². The molecule has 2 aliphatic rings. The van der Waals surface area contributed by atoms with E-state index in [0.29, 0.717) is 18.0 Å². The van der Waals surface area contributed by atoms with E-state index in [9.17, 15) is 9.59 Å². The van der Waals surface area contributed by atoms with Crippen LogP contribution in [0.4, 0.5) is 5.69 Å².